The third-order valence-electron chi connectivity index (χ3n) is 2.02. The van der Waals surface area contributed by atoms with Crippen LogP contribution in [0.15, 0.2) is 24.3 Å². The second kappa shape index (κ2) is 4.28. The summed E-state index contributed by atoms with van der Waals surface area (Å²) < 4.78 is 10.6. The van der Waals surface area contributed by atoms with E-state index in [0.29, 0.717) is 18.2 Å². The molecule has 0 amide bonds. The highest BCUT2D eigenvalue weighted by Gasteiger charge is 2.21. The molecular formula is C10H11ClO3. The molecule has 2 rings (SSSR count). The molecule has 0 atom stereocenters. The minimum Gasteiger partial charge on any atom is -0.388 e. The number of benzene rings is 1. The molecule has 1 aromatic rings. The van der Waals surface area contributed by atoms with Crippen molar-refractivity contribution in [1.82, 2.24) is 0 Å². The zero-order valence-electron chi connectivity index (χ0n) is 7.52. The molecule has 1 saturated heterocycles. The van der Waals surface area contributed by atoms with E-state index in [1.165, 1.54) is 0 Å². The van der Waals surface area contributed by atoms with Crippen LogP contribution in [-0.4, -0.2) is 24.4 Å². The zero-order valence-corrected chi connectivity index (χ0v) is 8.28. The SMILES string of the molecule is OC1COC(c2ccc(Cl)cc2)OC1. The number of hydrogen-bond acceptors (Lipinski definition) is 3. The summed E-state index contributed by atoms with van der Waals surface area (Å²) in [6.45, 7) is 0.626. The summed E-state index contributed by atoms with van der Waals surface area (Å²) in [5.74, 6) is 0. The van der Waals surface area contributed by atoms with E-state index >= 15 is 0 Å². The van der Waals surface area contributed by atoms with Crippen LogP contribution in [0.25, 0.3) is 0 Å². The fraction of sp³-hybridized carbons (Fsp3) is 0.400. The van der Waals surface area contributed by atoms with E-state index < -0.39 is 6.10 Å². The number of halogens is 1. The molecule has 0 aliphatic carbocycles. The first kappa shape index (κ1) is 9.93. The molecule has 0 unspecified atom stereocenters. The third kappa shape index (κ3) is 2.25. The van der Waals surface area contributed by atoms with E-state index in [1.54, 1.807) is 12.1 Å². The Morgan fingerprint density at radius 2 is 1.71 bits per heavy atom. The van der Waals surface area contributed by atoms with Crippen LogP contribution in [0, 0.1) is 0 Å². The van der Waals surface area contributed by atoms with Crippen molar-refractivity contribution >= 4 is 11.6 Å². The Kier molecular flexibility index (Phi) is 3.03. The summed E-state index contributed by atoms with van der Waals surface area (Å²) in [5.41, 5.74) is 0.918. The Morgan fingerprint density at radius 1 is 1.14 bits per heavy atom. The van der Waals surface area contributed by atoms with Crippen molar-refractivity contribution in [1.29, 1.82) is 0 Å². The number of aliphatic hydroxyl groups is 1. The maximum absolute atomic E-state index is 9.15. The van der Waals surface area contributed by atoms with E-state index in [1.807, 2.05) is 12.1 Å². The van der Waals surface area contributed by atoms with Gasteiger partial charge in [-0.25, -0.2) is 0 Å². The lowest BCUT2D eigenvalue weighted by atomic mass is 10.2. The molecule has 1 aliphatic rings. The van der Waals surface area contributed by atoms with Gasteiger partial charge in [0.25, 0.3) is 0 Å². The molecule has 0 bridgehead atoms. The Balaban J connectivity index is 2.05. The molecular weight excluding hydrogens is 204 g/mol. The molecule has 0 spiro atoms. The summed E-state index contributed by atoms with van der Waals surface area (Å²) in [4.78, 5) is 0. The number of hydrogen-bond donors (Lipinski definition) is 1. The summed E-state index contributed by atoms with van der Waals surface area (Å²) in [6, 6.07) is 7.28. The van der Waals surface area contributed by atoms with Gasteiger partial charge in [0.15, 0.2) is 6.29 Å². The van der Waals surface area contributed by atoms with Gasteiger partial charge in [-0.1, -0.05) is 23.7 Å². The van der Waals surface area contributed by atoms with Gasteiger partial charge in [0.05, 0.1) is 13.2 Å². The molecule has 0 aromatic heterocycles. The highest BCUT2D eigenvalue weighted by atomic mass is 35.5. The van der Waals surface area contributed by atoms with Gasteiger partial charge < -0.3 is 14.6 Å². The van der Waals surface area contributed by atoms with Crippen molar-refractivity contribution in [3.8, 4) is 0 Å². The predicted molar refractivity (Wildman–Crippen MR) is 52.1 cm³/mol. The first-order valence-electron chi connectivity index (χ1n) is 4.42. The molecule has 1 heterocycles. The summed E-state index contributed by atoms with van der Waals surface area (Å²) >= 11 is 5.75. The molecule has 3 nitrogen and oxygen atoms in total. The lowest BCUT2D eigenvalue weighted by molar-refractivity contribution is -0.220. The van der Waals surface area contributed by atoms with Crippen LogP contribution >= 0.6 is 11.6 Å². The lowest BCUT2D eigenvalue weighted by Gasteiger charge is -2.26. The van der Waals surface area contributed by atoms with Gasteiger partial charge in [0.2, 0.25) is 0 Å². The maximum atomic E-state index is 9.15. The van der Waals surface area contributed by atoms with Crippen LogP contribution in [0.3, 0.4) is 0 Å². The van der Waals surface area contributed by atoms with Gasteiger partial charge in [0, 0.05) is 10.6 Å². The van der Waals surface area contributed by atoms with Gasteiger partial charge in [-0.05, 0) is 12.1 Å². The molecule has 1 aromatic carbocycles. The first-order chi connectivity index (χ1) is 6.75. The summed E-state index contributed by atoms with van der Waals surface area (Å²) in [5, 5.41) is 9.83. The highest BCUT2D eigenvalue weighted by molar-refractivity contribution is 6.30. The largest absolute Gasteiger partial charge is 0.388 e. The van der Waals surface area contributed by atoms with Gasteiger partial charge in [-0.2, -0.15) is 0 Å². The monoisotopic (exact) mass is 214 g/mol. The number of rotatable bonds is 1. The lowest BCUT2D eigenvalue weighted by Crippen LogP contribution is -2.30. The zero-order chi connectivity index (χ0) is 9.97. The van der Waals surface area contributed by atoms with Gasteiger partial charge >= 0.3 is 0 Å². The van der Waals surface area contributed by atoms with Gasteiger partial charge in [-0.15, -0.1) is 0 Å². The average Bonchev–Trinajstić information content (AvgIpc) is 2.21. The topological polar surface area (TPSA) is 38.7 Å². The van der Waals surface area contributed by atoms with Crippen molar-refractivity contribution in [2.24, 2.45) is 0 Å². The Morgan fingerprint density at radius 3 is 2.29 bits per heavy atom. The minimum atomic E-state index is -0.515. The van der Waals surface area contributed by atoms with E-state index in [9.17, 15) is 0 Å². The van der Waals surface area contributed by atoms with Crippen LogP contribution in [-0.2, 0) is 9.47 Å². The standard InChI is InChI=1S/C10H11ClO3/c11-8-3-1-7(2-4-8)10-13-5-9(12)6-14-10/h1-4,9-10,12H,5-6H2. The fourth-order valence-electron chi connectivity index (χ4n) is 1.31. The van der Waals surface area contributed by atoms with E-state index in [4.69, 9.17) is 26.2 Å². The number of aliphatic hydroxyl groups excluding tert-OH is 1. The maximum Gasteiger partial charge on any atom is 0.184 e. The van der Waals surface area contributed by atoms with E-state index in [2.05, 4.69) is 0 Å². The Bertz CT molecular complexity index is 291. The van der Waals surface area contributed by atoms with Gasteiger partial charge in [0.1, 0.15) is 6.10 Å². The normalized spacial score (nSPS) is 27.6. The molecule has 76 valence electrons. The smallest absolute Gasteiger partial charge is 0.184 e. The molecule has 0 saturated carbocycles. The second-order valence-electron chi connectivity index (χ2n) is 3.20. The van der Waals surface area contributed by atoms with Crippen molar-refractivity contribution in [3.05, 3.63) is 34.9 Å². The molecule has 1 N–H and O–H groups in total. The van der Waals surface area contributed by atoms with Crippen molar-refractivity contribution in [2.45, 2.75) is 12.4 Å². The van der Waals surface area contributed by atoms with Crippen LogP contribution in [0.2, 0.25) is 5.02 Å². The molecule has 4 heteroatoms. The third-order valence-corrected chi connectivity index (χ3v) is 2.27. The van der Waals surface area contributed by atoms with Crippen LogP contribution in [0.5, 0.6) is 0 Å². The second-order valence-corrected chi connectivity index (χ2v) is 3.64. The average molecular weight is 215 g/mol. The van der Waals surface area contributed by atoms with Crippen molar-refractivity contribution < 1.29 is 14.6 Å². The molecule has 1 fully saturated rings. The molecule has 1 aliphatic heterocycles. The predicted octanol–water partition coefficient (Wildman–Crippen LogP) is 1.75. The van der Waals surface area contributed by atoms with Crippen LogP contribution in [0.1, 0.15) is 11.9 Å². The minimum absolute atomic E-state index is 0.313. The van der Waals surface area contributed by atoms with Crippen LogP contribution < -0.4 is 0 Å². The fourth-order valence-corrected chi connectivity index (χ4v) is 1.43. The molecule has 0 radical (unpaired) electrons. The van der Waals surface area contributed by atoms with E-state index in [-0.39, 0.29) is 6.29 Å². The summed E-state index contributed by atoms with van der Waals surface area (Å²) in [7, 11) is 0. The van der Waals surface area contributed by atoms with Crippen molar-refractivity contribution in [2.75, 3.05) is 13.2 Å². The van der Waals surface area contributed by atoms with E-state index in [0.717, 1.165) is 5.56 Å². The Hall–Kier alpha value is -0.610. The number of ether oxygens (including phenoxy) is 2. The van der Waals surface area contributed by atoms with Gasteiger partial charge in [-0.3, -0.25) is 0 Å². The van der Waals surface area contributed by atoms with Crippen molar-refractivity contribution in [3.63, 3.8) is 0 Å². The Labute approximate surface area is 87.2 Å². The quantitative estimate of drug-likeness (QED) is 0.774. The highest BCUT2D eigenvalue weighted by Crippen LogP contribution is 2.23. The molecule has 14 heavy (non-hydrogen) atoms. The summed E-state index contributed by atoms with van der Waals surface area (Å²) in [6.07, 6.45) is -0.894. The van der Waals surface area contributed by atoms with Crippen LogP contribution in [0.4, 0.5) is 0 Å². The first-order valence-corrected chi connectivity index (χ1v) is 4.80.